The molecule has 23 heavy (non-hydrogen) atoms. The van der Waals surface area contributed by atoms with E-state index in [0.717, 1.165) is 12.8 Å². The van der Waals surface area contributed by atoms with Crippen LogP contribution in [-0.2, 0) is 0 Å². The lowest BCUT2D eigenvalue weighted by molar-refractivity contribution is 0.102. The highest BCUT2D eigenvalue weighted by Crippen LogP contribution is 2.23. The van der Waals surface area contributed by atoms with Gasteiger partial charge in [-0.3, -0.25) is 4.79 Å². The summed E-state index contributed by atoms with van der Waals surface area (Å²) in [6, 6.07) is 9.68. The van der Waals surface area contributed by atoms with Gasteiger partial charge in [0.25, 0.3) is 5.91 Å². The molecule has 1 aliphatic carbocycles. The number of benzene rings is 1. The molecule has 2 aromatic rings. The van der Waals surface area contributed by atoms with E-state index in [0.29, 0.717) is 23.1 Å². The van der Waals surface area contributed by atoms with Crippen molar-refractivity contribution in [1.82, 2.24) is 4.98 Å². The maximum Gasteiger partial charge on any atom is 0.259 e. The lowest BCUT2D eigenvalue weighted by atomic mass is 9.95. The summed E-state index contributed by atoms with van der Waals surface area (Å²) < 4.78 is 13.2. The van der Waals surface area contributed by atoms with Gasteiger partial charge >= 0.3 is 0 Å². The van der Waals surface area contributed by atoms with Crippen molar-refractivity contribution in [3.63, 3.8) is 0 Å². The number of anilines is 2. The van der Waals surface area contributed by atoms with Crippen LogP contribution in [0, 0.1) is 5.82 Å². The Morgan fingerprint density at radius 3 is 2.74 bits per heavy atom. The smallest absolute Gasteiger partial charge is 0.259 e. The highest BCUT2D eigenvalue weighted by Gasteiger charge is 2.18. The van der Waals surface area contributed by atoms with E-state index >= 15 is 0 Å². The molecule has 3 rings (SSSR count). The summed E-state index contributed by atoms with van der Waals surface area (Å²) in [5.74, 6) is -0.0788. The number of aromatic nitrogens is 1. The van der Waals surface area contributed by atoms with Crippen molar-refractivity contribution < 1.29 is 9.18 Å². The van der Waals surface area contributed by atoms with Gasteiger partial charge in [0.1, 0.15) is 11.6 Å². The summed E-state index contributed by atoms with van der Waals surface area (Å²) in [5.41, 5.74) is 0.907. The first-order chi connectivity index (χ1) is 11.2. The Morgan fingerprint density at radius 2 is 1.96 bits per heavy atom. The number of amides is 1. The fourth-order valence-electron chi connectivity index (χ4n) is 2.91. The SMILES string of the molecule is O=C(Nc1cccc(F)c1)c1cccnc1NC1CCCCC1. The number of carbonyl (C=O) groups excluding carboxylic acids is 1. The van der Waals surface area contributed by atoms with Crippen molar-refractivity contribution in [2.24, 2.45) is 0 Å². The summed E-state index contributed by atoms with van der Waals surface area (Å²) in [5, 5.41) is 6.10. The highest BCUT2D eigenvalue weighted by molar-refractivity contribution is 6.07. The van der Waals surface area contributed by atoms with Gasteiger partial charge in [0.2, 0.25) is 0 Å². The van der Waals surface area contributed by atoms with Crippen molar-refractivity contribution in [1.29, 1.82) is 0 Å². The predicted molar refractivity (Wildman–Crippen MR) is 89.1 cm³/mol. The van der Waals surface area contributed by atoms with E-state index in [1.807, 2.05) is 0 Å². The lowest BCUT2D eigenvalue weighted by Crippen LogP contribution is -2.25. The van der Waals surface area contributed by atoms with Gasteiger partial charge in [0.15, 0.2) is 0 Å². The highest BCUT2D eigenvalue weighted by atomic mass is 19.1. The maximum absolute atomic E-state index is 13.2. The molecule has 1 fully saturated rings. The molecule has 120 valence electrons. The second-order valence-electron chi connectivity index (χ2n) is 5.84. The number of hydrogen-bond acceptors (Lipinski definition) is 3. The van der Waals surface area contributed by atoms with Gasteiger partial charge in [-0.05, 0) is 43.2 Å². The molecular formula is C18H20FN3O. The Balaban J connectivity index is 1.74. The zero-order valence-electron chi connectivity index (χ0n) is 12.9. The molecule has 0 spiro atoms. The molecule has 2 N–H and O–H groups in total. The van der Waals surface area contributed by atoms with Crippen molar-refractivity contribution in [3.8, 4) is 0 Å². The molecule has 1 heterocycles. The monoisotopic (exact) mass is 313 g/mol. The van der Waals surface area contributed by atoms with Gasteiger partial charge in [0.05, 0.1) is 5.56 Å². The summed E-state index contributed by atoms with van der Waals surface area (Å²) >= 11 is 0. The fraction of sp³-hybridized carbons (Fsp3) is 0.333. The normalized spacial score (nSPS) is 15.2. The summed E-state index contributed by atoms with van der Waals surface area (Å²) in [6.45, 7) is 0. The number of hydrogen-bond donors (Lipinski definition) is 2. The number of halogens is 1. The second kappa shape index (κ2) is 7.22. The molecule has 1 saturated carbocycles. The van der Waals surface area contributed by atoms with Gasteiger partial charge in [-0.1, -0.05) is 25.3 Å². The first-order valence-electron chi connectivity index (χ1n) is 8.01. The van der Waals surface area contributed by atoms with E-state index in [1.165, 1.54) is 31.4 Å². The van der Waals surface area contributed by atoms with Crippen LogP contribution in [0.15, 0.2) is 42.6 Å². The minimum absolute atomic E-state index is 0.290. The van der Waals surface area contributed by atoms with Crippen LogP contribution < -0.4 is 10.6 Å². The molecule has 1 amide bonds. The predicted octanol–water partition coefficient (Wildman–Crippen LogP) is 4.22. The van der Waals surface area contributed by atoms with Gasteiger partial charge in [-0.15, -0.1) is 0 Å². The molecule has 0 atom stereocenters. The summed E-state index contributed by atoms with van der Waals surface area (Å²) in [7, 11) is 0. The van der Waals surface area contributed by atoms with Crippen LogP contribution in [0.25, 0.3) is 0 Å². The van der Waals surface area contributed by atoms with E-state index in [9.17, 15) is 9.18 Å². The molecule has 5 heteroatoms. The van der Waals surface area contributed by atoms with E-state index in [2.05, 4.69) is 15.6 Å². The number of nitrogens with one attached hydrogen (secondary N) is 2. The third-order valence-corrected chi connectivity index (χ3v) is 4.08. The maximum atomic E-state index is 13.2. The van der Waals surface area contributed by atoms with Crippen LogP contribution in [-0.4, -0.2) is 16.9 Å². The zero-order valence-corrected chi connectivity index (χ0v) is 12.9. The Bertz CT molecular complexity index is 683. The Kier molecular flexibility index (Phi) is 4.86. The number of carbonyl (C=O) groups is 1. The van der Waals surface area contributed by atoms with Crippen molar-refractivity contribution in [2.45, 2.75) is 38.1 Å². The third-order valence-electron chi connectivity index (χ3n) is 4.08. The average molecular weight is 313 g/mol. The zero-order chi connectivity index (χ0) is 16.1. The second-order valence-corrected chi connectivity index (χ2v) is 5.84. The van der Waals surface area contributed by atoms with Crippen molar-refractivity contribution in [3.05, 3.63) is 54.0 Å². The molecule has 0 unspecified atom stereocenters. The lowest BCUT2D eigenvalue weighted by Gasteiger charge is -2.24. The Labute approximate surface area is 135 Å². The minimum Gasteiger partial charge on any atom is -0.367 e. The fourth-order valence-corrected chi connectivity index (χ4v) is 2.91. The van der Waals surface area contributed by atoms with Crippen LogP contribution in [0.4, 0.5) is 15.9 Å². The van der Waals surface area contributed by atoms with Crippen LogP contribution in [0.5, 0.6) is 0 Å². The third kappa shape index (κ3) is 4.06. The van der Waals surface area contributed by atoms with Crippen LogP contribution >= 0.6 is 0 Å². The van der Waals surface area contributed by atoms with Gasteiger partial charge in [0, 0.05) is 17.9 Å². The molecule has 0 aliphatic heterocycles. The summed E-state index contributed by atoms with van der Waals surface area (Å²) in [6.07, 6.45) is 7.55. The Morgan fingerprint density at radius 1 is 1.13 bits per heavy atom. The molecule has 1 aromatic heterocycles. The first kappa shape index (κ1) is 15.5. The summed E-state index contributed by atoms with van der Waals surface area (Å²) in [4.78, 5) is 16.8. The molecule has 1 aromatic carbocycles. The number of nitrogens with zero attached hydrogens (tertiary/aromatic N) is 1. The standard InChI is InChI=1S/C18H20FN3O/c19-13-6-4-9-15(12-13)22-18(23)16-10-5-11-20-17(16)21-14-7-2-1-3-8-14/h4-6,9-12,14H,1-3,7-8H2,(H,20,21)(H,22,23). The van der Waals surface area contributed by atoms with Gasteiger partial charge in [-0.25, -0.2) is 9.37 Å². The molecule has 0 bridgehead atoms. The van der Waals surface area contributed by atoms with Crippen LogP contribution in [0.2, 0.25) is 0 Å². The quantitative estimate of drug-likeness (QED) is 0.888. The molecule has 0 saturated heterocycles. The van der Waals surface area contributed by atoms with Gasteiger partial charge < -0.3 is 10.6 Å². The molecule has 1 aliphatic rings. The first-order valence-corrected chi connectivity index (χ1v) is 8.01. The minimum atomic E-state index is -0.380. The van der Waals surface area contributed by atoms with Crippen molar-refractivity contribution in [2.75, 3.05) is 10.6 Å². The molecule has 0 radical (unpaired) electrons. The average Bonchev–Trinajstić information content (AvgIpc) is 2.56. The Hall–Kier alpha value is -2.43. The van der Waals surface area contributed by atoms with Gasteiger partial charge in [-0.2, -0.15) is 0 Å². The van der Waals surface area contributed by atoms with E-state index < -0.39 is 0 Å². The largest absolute Gasteiger partial charge is 0.367 e. The molecular weight excluding hydrogens is 293 g/mol. The van der Waals surface area contributed by atoms with Crippen LogP contribution in [0.1, 0.15) is 42.5 Å². The molecule has 4 nitrogen and oxygen atoms in total. The topological polar surface area (TPSA) is 54.0 Å². The number of pyridine rings is 1. The van der Waals surface area contributed by atoms with E-state index in [-0.39, 0.29) is 11.7 Å². The van der Waals surface area contributed by atoms with E-state index in [4.69, 9.17) is 0 Å². The van der Waals surface area contributed by atoms with E-state index in [1.54, 1.807) is 30.5 Å². The van der Waals surface area contributed by atoms with Crippen LogP contribution in [0.3, 0.4) is 0 Å². The van der Waals surface area contributed by atoms with Crippen molar-refractivity contribution >= 4 is 17.4 Å². The number of rotatable bonds is 4.